The number of carbonyl (C=O) groups is 1. The third-order valence-corrected chi connectivity index (χ3v) is 6.12. The van der Waals surface area contributed by atoms with Gasteiger partial charge in [0.25, 0.3) is 5.91 Å². The molecule has 1 saturated heterocycles. The molecule has 0 spiro atoms. The molecule has 1 aliphatic carbocycles. The maximum absolute atomic E-state index is 12.5. The van der Waals surface area contributed by atoms with Crippen molar-refractivity contribution in [2.75, 3.05) is 37.6 Å². The normalized spacial score (nSPS) is 21.0. The Balaban J connectivity index is 1.30. The van der Waals surface area contributed by atoms with Crippen LogP contribution < -0.4 is 4.90 Å². The second-order valence-electron chi connectivity index (χ2n) is 7.58. The van der Waals surface area contributed by atoms with Crippen molar-refractivity contribution in [2.24, 2.45) is 0 Å². The summed E-state index contributed by atoms with van der Waals surface area (Å²) in [6.45, 7) is 5.39. The number of hydrogen-bond acceptors (Lipinski definition) is 7. The van der Waals surface area contributed by atoms with Crippen molar-refractivity contribution in [2.45, 2.75) is 38.3 Å². The molecule has 0 N–H and O–H groups in total. The fourth-order valence-corrected chi connectivity index (χ4v) is 4.32. The van der Waals surface area contributed by atoms with E-state index in [-0.39, 0.29) is 11.7 Å². The molecule has 5 rings (SSSR count). The van der Waals surface area contributed by atoms with Gasteiger partial charge in [-0.05, 0) is 19.3 Å². The summed E-state index contributed by atoms with van der Waals surface area (Å²) < 4.78 is 5.01. The second kappa shape index (κ2) is 6.92. The van der Waals surface area contributed by atoms with E-state index in [9.17, 15) is 4.79 Å². The number of nitrogens with zero attached hydrogens (tertiary/aromatic N) is 6. The highest BCUT2D eigenvalue weighted by Crippen LogP contribution is 2.29. The monoisotopic (exact) mass is 368 g/mol. The molecule has 2 aromatic rings. The van der Waals surface area contributed by atoms with Crippen molar-refractivity contribution in [3.8, 4) is 0 Å². The summed E-state index contributed by atoms with van der Waals surface area (Å²) in [5, 5.41) is 3.63. The van der Waals surface area contributed by atoms with E-state index >= 15 is 0 Å². The molecule has 1 amide bonds. The third kappa shape index (κ3) is 3.07. The summed E-state index contributed by atoms with van der Waals surface area (Å²) in [6.07, 6.45) is 8.00. The lowest BCUT2D eigenvalue weighted by molar-refractivity contribution is 0.0689. The molecule has 0 radical (unpaired) electrons. The smallest absolute Gasteiger partial charge is 0.292 e. The number of anilines is 1. The van der Waals surface area contributed by atoms with Gasteiger partial charge in [0.2, 0.25) is 5.76 Å². The molecule has 142 valence electrons. The predicted molar refractivity (Wildman–Crippen MR) is 98.4 cm³/mol. The van der Waals surface area contributed by atoms with Gasteiger partial charge in [0, 0.05) is 50.4 Å². The van der Waals surface area contributed by atoms with E-state index in [1.165, 1.54) is 31.0 Å². The highest BCUT2D eigenvalue weighted by molar-refractivity contribution is 5.91. The molecule has 8 heteroatoms. The SMILES string of the molecule is O=C(c1ccno1)N1CCc2c(ncnc2N2CCN(C3CCC3)CC2)C1. The number of hydrogen-bond donors (Lipinski definition) is 0. The van der Waals surface area contributed by atoms with Gasteiger partial charge in [-0.2, -0.15) is 0 Å². The molecular weight excluding hydrogens is 344 g/mol. The van der Waals surface area contributed by atoms with Gasteiger partial charge in [-0.25, -0.2) is 9.97 Å². The summed E-state index contributed by atoms with van der Waals surface area (Å²) >= 11 is 0. The van der Waals surface area contributed by atoms with Crippen LogP contribution in [0.25, 0.3) is 0 Å². The van der Waals surface area contributed by atoms with Gasteiger partial charge in [0.05, 0.1) is 18.4 Å². The number of rotatable bonds is 3. The average Bonchev–Trinajstić information content (AvgIpc) is 3.20. The number of piperazine rings is 1. The van der Waals surface area contributed by atoms with Crippen molar-refractivity contribution in [1.29, 1.82) is 0 Å². The van der Waals surface area contributed by atoms with Crippen molar-refractivity contribution in [1.82, 2.24) is 24.9 Å². The summed E-state index contributed by atoms with van der Waals surface area (Å²) in [7, 11) is 0. The number of carbonyl (C=O) groups excluding carboxylic acids is 1. The highest BCUT2D eigenvalue weighted by atomic mass is 16.5. The van der Waals surface area contributed by atoms with E-state index in [1.54, 1.807) is 17.3 Å². The van der Waals surface area contributed by atoms with Crippen LogP contribution >= 0.6 is 0 Å². The van der Waals surface area contributed by atoms with Crippen LogP contribution in [-0.4, -0.2) is 69.6 Å². The van der Waals surface area contributed by atoms with E-state index in [4.69, 9.17) is 4.52 Å². The van der Waals surface area contributed by atoms with E-state index in [0.29, 0.717) is 13.1 Å². The number of fused-ring (bicyclic) bond motifs is 1. The standard InChI is InChI=1S/C19H24N6O2/c26-19(17-4-6-22-27-17)25-7-5-15-16(12-25)20-13-21-18(15)24-10-8-23(9-11-24)14-2-1-3-14/h4,6,13-14H,1-3,5,7-12H2. The number of amides is 1. The molecule has 0 aromatic carbocycles. The van der Waals surface area contributed by atoms with Gasteiger partial charge >= 0.3 is 0 Å². The van der Waals surface area contributed by atoms with Crippen LogP contribution in [0.2, 0.25) is 0 Å². The quantitative estimate of drug-likeness (QED) is 0.809. The van der Waals surface area contributed by atoms with Crippen LogP contribution in [-0.2, 0) is 13.0 Å². The molecule has 4 heterocycles. The zero-order chi connectivity index (χ0) is 18.2. The van der Waals surface area contributed by atoms with Crippen LogP contribution in [0.5, 0.6) is 0 Å². The molecule has 0 atom stereocenters. The molecule has 1 saturated carbocycles. The Kier molecular flexibility index (Phi) is 4.27. The number of aromatic nitrogens is 3. The predicted octanol–water partition coefficient (Wildman–Crippen LogP) is 1.34. The summed E-state index contributed by atoms with van der Waals surface area (Å²) in [5.41, 5.74) is 2.14. The Labute approximate surface area is 158 Å². The van der Waals surface area contributed by atoms with Gasteiger partial charge in [-0.3, -0.25) is 9.69 Å². The maximum atomic E-state index is 12.5. The van der Waals surface area contributed by atoms with Crippen LogP contribution in [0.3, 0.4) is 0 Å². The third-order valence-electron chi connectivity index (χ3n) is 6.12. The molecule has 2 aliphatic heterocycles. The zero-order valence-corrected chi connectivity index (χ0v) is 15.4. The van der Waals surface area contributed by atoms with Gasteiger partial charge in [-0.15, -0.1) is 0 Å². The van der Waals surface area contributed by atoms with Crippen LogP contribution in [0.4, 0.5) is 5.82 Å². The summed E-state index contributed by atoms with van der Waals surface area (Å²) in [4.78, 5) is 28.4. The lowest BCUT2D eigenvalue weighted by atomic mass is 9.91. The molecule has 27 heavy (non-hydrogen) atoms. The first-order valence-corrected chi connectivity index (χ1v) is 9.81. The Hall–Kier alpha value is -2.48. The first-order chi connectivity index (χ1) is 13.3. The Morgan fingerprint density at radius 2 is 1.96 bits per heavy atom. The molecule has 2 aromatic heterocycles. The zero-order valence-electron chi connectivity index (χ0n) is 15.4. The first-order valence-electron chi connectivity index (χ1n) is 9.81. The molecular formula is C19H24N6O2. The minimum atomic E-state index is -0.132. The topological polar surface area (TPSA) is 78.6 Å². The summed E-state index contributed by atoms with van der Waals surface area (Å²) in [6, 6.07) is 2.41. The van der Waals surface area contributed by atoms with Crippen molar-refractivity contribution >= 4 is 11.7 Å². The minimum absolute atomic E-state index is 0.132. The van der Waals surface area contributed by atoms with Crippen molar-refractivity contribution in [3.63, 3.8) is 0 Å². The van der Waals surface area contributed by atoms with Gasteiger partial charge in [0.1, 0.15) is 12.1 Å². The van der Waals surface area contributed by atoms with Gasteiger partial charge in [0.15, 0.2) is 0 Å². The van der Waals surface area contributed by atoms with E-state index < -0.39 is 0 Å². The fraction of sp³-hybridized carbons (Fsp3) is 0.579. The largest absolute Gasteiger partial charge is 0.354 e. The Morgan fingerprint density at radius 3 is 2.67 bits per heavy atom. The van der Waals surface area contributed by atoms with Crippen molar-refractivity contribution < 1.29 is 9.32 Å². The molecule has 3 aliphatic rings. The Morgan fingerprint density at radius 1 is 1.11 bits per heavy atom. The minimum Gasteiger partial charge on any atom is -0.354 e. The lowest BCUT2D eigenvalue weighted by Gasteiger charge is -2.43. The van der Waals surface area contributed by atoms with Crippen LogP contribution in [0, 0.1) is 0 Å². The van der Waals surface area contributed by atoms with Crippen LogP contribution in [0.1, 0.15) is 41.1 Å². The van der Waals surface area contributed by atoms with Gasteiger partial charge in [-0.1, -0.05) is 11.6 Å². The average molecular weight is 368 g/mol. The molecule has 0 unspecified atom stereocenters. The van der Waals surface area contributed by atoms with Gasteiger partial charge < -0.3 is 14.3 Å². The maximum Gasteiger partial charge on any atom is 0.292 e. The molecule has 8 nitrogen and oxygen atoms in total. The first kappa shape index (κ1) is 16.7. The highest BCUT2D eigenvalue weighted by Gasteiger charge is 2.31. The fourth-order valence-electron chi connectivity index (χ4n) is 4.32. The molecule has 2 fully saturated rings. The lowest BCUT2D eigenvalue weighted by Crippen LogP contribution is -2.52. The van der Waals surface area contributed by atoms with E-state index in [2.05, 4.69) is 24.9 Å². The summed E-state index contributed by atoms with van der Waals surface area (Å²) in [5.74, 6) is 1.20. The van der Waals surface area contributed by atoms with Crippen LogP contribution in [0.15, 0.2) is 23.1 Å². The van der Waals surface area contributed by atoms with E-state index in [0.717, 1.165) is 50.2 Å². The second-order valence-corrected chi connectivity index (χ2v) is 7.58. The van der Waals surface area contributed by atoms with Crippen molar-refractivity contribution in [3.05, 3.63) is 35.6 Å². The Bertz CT molecular complexity index is 812. The molecule has 0 bridgehead atoms. The van der Waals surface area contributed by atoms with E-state index in [1.807, 2.05) is 0 Å².